The van der Waals surface area contributed by atoms with Gasteiger partial charge in [-0.3, -0.25) is 14.7 Å². The molecule has 0 bridgehead atoms. The number of likely N-dealkylation sites (tertiary alicyclic amines) is 1. The van der Waals surface area contributed by atoms with Crippen LogP contribution in [0.25, 0.3) is 0 Å². The van der Waals surface area contributed by atoms with Crippen LogP contribution in [0, 0.1) is 0 Å². The smallest absolute Gasteiger partial charge is 0.350 e. The molecular formula is C41H54N4O4. The third kappa shape index (κ3) is 8.76. The molecule has 3 aromatic rings. The number of ether oxygens (including phenoxy) is 3. The first kappa shape index (κ1) is 36.6. The van der Waals surface area contributed by atoms with Crippen molar-refractivity contribution in [2.75, 3.05) is 66.8 Å². The molecule has 1 N–H and O–H groups in total. The van der Waals surface area contributed by atoms with Crippen molar-refractivity contribution in [2.24, 2.45) is 0 Å². The second kappa shape index (κ2) is 16.9. The van der Waals surface area contributed by atoms with E-state index in [-0.39, 0.29) is 5.97 Å². The number of carbonyl (C=O) groups excluding carboxylic acids is 1. The standard InChI is InChI=1S/C41H54N4O4/c1-6-34(2)39(3,35-18-10-7-11-19-35)47-31-16-26-42-32-43(4)27-17-28-44(5)33-45-29-24-40(25-30-45)48-38(46)41(49-40,36-20-12-8-13-21-36)37-22-14-9-15-23-37/h6-15,18-23,42H,1-2,16-17,24-33H2,3-5H3. The minimum absolute atomic E-state index is 0.330. The Morgan fingerprint density at radius 1 is 0.918 bits per heavy atom. The lowest BCUT2D eigenvalue weighted by atomic mass is 9.86. The van der Waals surface area contributed by atoms with E-state index in [1.807, 2.05) is 78.9 Å². The molecule has 8 heteroatoms. The zero-order valence-electron chi connectivity index (χ0n) is 29.6. The Hall–Kier alpha value is -3.63. The van der Waals surface area contributed by atoms with Gasteiger partial charge in [-0.2, -0.15) is 0 Å². The number of rotatable bonds is 18. The van der Waals surface area contributed by atoms with Gasteiger partial charge in [0.1, 0.15) is 5.60 Å². The molecule has 0 amide bonds. The molecule has 0 aliphatic carbocycles. The number of benzene rings is 3. The van der Waals surface area contributed by atoms with Gasteiger partial charge in [-0.1, -0.05) is 110 Å². The molecule has 0 radical (unpaired) electrons. The summed E-state index contributed by atoms with van der Waals surface area (Å²) in [5.41, 5.74) is 1.73. The highest BCUT2D eigenvalue weighted by molar-refractivity contribution is 5.87. The molecule has 2 saturated heterocycles. The number of esters is 1. The molecule has 5 rings (SSSR count). The Labute approximate surface area is 293 Å². The average molecular weight is 667 g/mol. The van der Waals surface area contributed by atoms with E-state index in [4.69, 9.17) is 14.2 Å². The molecule has 262 valence electrons. The summed E-state index contributed by atoms with van der Waals surface area (Å²) < 4.78 is 19.2. The summed E-state index contributed by atoms with van der Waals surface area (Å²) in [4.78, 5) is 20.8. The van der Waals surface area contributed by atoms with E-state index >= 15 is 0 Å². The van der Waals surface area contributed by atoms with Crippen LogP contribution in [-0.2, 0) is 30.2 Å². The van der Waals surface area contributed by atoms with Crippen LogP contribution in [0.1, 0.15) is 49.3 Å². The summed E-state index contributed by atoms with van der Waals surface area (Å²) in [6, 6.07) is 29.7. The van der Waals surface area contributed by atoms with Crippen molar-refractivity contribution in [1.29, 1.82) is 0 Å². The van der Waals surface area contributed by atoms with E-state index in [2.05, 4.69) is 66.3 Å². The number of nitrogens with zero attached hydrogens (tertiary/aromatic N) is 3. The van der Waals surface area contributed by atoms with E-state index in [1.54, 1.807) is 6.08 Å². The fraction of sp³-hybridized carbons (Fsp3) is 0.439. The highest BCUT2D eigenvalue weighted by Crippen LogP contribution is 2.48. The summed E-state index contributed by atoms with van der Waals surface area (Å²) >= 11 is 0. The number of hydrogen-bond donors (Lipinski definition) is 1. The first-order valence-electron chi connectivity index (χ1n) is 17.6. The maximum atomic E-state index is 13.6. The molecule has 2 aliphatic rings. The van der Waals surface area contributed by atoms with Crippen LogP contribution < -0.4 is 5.32 Å². The Morgan fingerprint density at radius 2 is 1.49 bits per heavy atom. The summed E-state index contributed by atoms with van der Waals surface area (Å²) in [7, 11) is 4.33. The van der Waals surface area contributed by atoms with E-state index < -0.39 is 17.0 Å². The van der Waals surface area contributed by atoms with Crippen LogP contribution in [0.2, 0.25) is 0 Å². The number of nitrogens with one attached hydrogen (secondary N) is 1. The molecule has 0 saturated carbocycles. The minimum Gasteiger partial charge on any atom is -0.430 e. The molecule has 0 aromatic heterocycles. The number of carbonyl (C=O) groups is 1. The third-order valence-electron chi connectivity index (χ3n) is 9.86. The fourth-order valence-electron chi connectivity index (χ4n) is 6.85. The summed E-state index contributed by atoms with van der Waals surface area (Å²) in [6.07, 6.45) is 5.05. The maximum absolute atomic E-state index is 13.6. The van der Waals surface area contributed by atoms with Gasteiger partial charge < -0.3 is 19.5 Å². The van der Waals surface area contributed by atoms with E-state index in [1.165, 1.54) is 0 Å². The third-order valence-corrected chi connectivity index (χ3v) is 9.86. The predicted octanol–water partition coefficient (Wildman–Crippen LogP) is 6.12. The Bertz CT molecular complexity index is 1450. The van der Waals surface area contributed by atoms with Crippen LogP contribution in [0.3, 0.4) is 0 Å². The predicted molar refractivity (Wildman–Crippen MR) is 196 cm³/mol. The second-order valence-electron chi connectivity index (χ2n) is 13.6. The molecule has 3 aromatic carbocycles. The van der Waals surface area contributed by atoms with E-state index in [0.29, 0.717) is 19.4 Å². The number of hydrogen-bond acceptors (Lipinski definition) is 8. The minimum atomic E-state index is -1.25. The molecule has 49 heavy (non-hydrogen) atoms. The van der Waals surface area contributed by atoms with Gasteiger partial charge in [-0.15, -0.1) is 0 Å². The Morgan fingerprint density at radius 3 is 2.08 bits per heavy atom. The van der Waals surface area contributed by atoms with Crippen molar-refractivity contribution in [1.82, 2.24) is 20.0 Å². The molecule has 1 unspecified atom stereocenters. The molecule has 1 atom stereocenters. The second-order valence-corrected chi connectivity index (χ2v) is 13.6. The average Bonchev–Trinajstić information content (AvgIpc) is 3.43. The zero-order chi connectivity index (χ0) is 34.7. The topological polar surface area (TPSA) is 66.5 Å². The summed E-state index contributed by atoms with van der Waals surface area (Å²) in [5.74, 6) is -1.25. The lowest BCUT2D eigenvalue weighted by molar-refractivity contribution is -0.209. The van der Waals surface area contributed by atoms with Crippen molar-refractivity contribution < 1.29 is 19.0 Å². The van der Waals surface area contributed by atoms with Crippen molar-refractivity contribution >= 4 is 5.97 Å². The summed E-state index contributed by atoms with van der Waals surface area (Å²) in [6.45, 7) is 17.0. The highest BCUT2D eigenvalue weighted by Gasteiger charge is 2.60. The highest BCUT2D eigenvalue weighted by atomic mass is 16.8. The van der Waals surface area contributed by atoms with Crippen LogP contribution in [0.4, 0.5) is 0 Å². The lowest BCUT2D eigenvalue weighted by Crippen LogP contribution is -2.49. The zero-order valence-corrected chi connectivity index (χ0v) is 29.6. The van der Waals surface area contributed by atoms with Crippen molar-refractivity contribution in [2.45, 2.75) is 49.6 Å². The van der Waals surface area contributed by atoms with Gasteiger partial charge in [0.05, 0.1) is 6.67 Å². The lowest BCUT2D eigenvalue weighted by Gasteiger charge is -2.39. The molecule has 2 aliphatic heterocycles. The summed E-state index contributed by atoms with van der Waals surface area (Å²) in [5, 5.41) is 3.55. The maximum Gasteiger partial charge on any atom is 0.350 e. The van der Waals surface area contributed by atoms with Gasteiger partial charge in [0.25, 0.3) is 0 Å². The molecule has 1 spiro atoms. The van der Waals surface area contributed by atoms with Crippen LogP contribution in [0.15, 0.2) is 116 Å². The van der Waals surface area contributed by atoms with Crippen LogP contribution in [0.5, 0.6) is 0 Å². The SMILES string of the molecule is C=CC(=C)C(C)(OCCCNCN(C)CCCN(C)CN1CCC2(CC1)OC(=O)C(c1ccccc1)(c1ccccc1)O2)c1ccccc1. The normalized spacial score (nSPS) is 18.4. The molecule has 2 fully saturated rings. The first-order chi connectivity index (χ1) is 23.7. The largest absolute Gasteiger partial charge is 0.430 e. The van der Waals surface area contributed by atoms with E-state index in [9.17, 15) is 4.79 Å². The Balaban J connectivity index is 0.991. The van der Waals surface area contributed by atoms with Gasteiger partial charge >= 0.3 is 5.97 Å². The Kier molecular flexibility index (Phi) is 12.6. The van der Waals surface area contributed by atoms with Gasteiger partial charge in [0.15, 0.2) is 0 Å². The van der Waals surface area contributed by atoms with Gasteiger partial charge in [0, 0.05) is 52.3 Å². The monoisotopic (exact) mass is 666 g/mol. The van der Waals surface area contributed by atoms with Crippen LogP contribution in [-0.4, -0.2) is 93.2 Å². The van der Waals surface area contributed by atoms with Crippen molar-refractivity contribution in [3.05, 3.63) is 132 Å². The van der Waals surface area contributed by atoms with Crippen molar-refractivity contribution in [3.63, 3.8) is 0 Å². The molecule has 8 nitrogen and oxygen atoms in total. The molecule has 2 heterocycles. The van der Waals surface area contributed by atoms with E-state index in [0.717, 1.165) is 81.2 Å². The van der Waals surface area contributed by atoms with Crippen molar-refractivity contribution in [3.8, 4) is 0 Å². The fourth-order valence-corrected chi connectivity index (χ4v) is 6.85. The van der Waals surface area contributed by atoms with Gasteiger partial charge in [0.2, 0.25) is 11.4 Å². The molecular weight excluding hydrogens is 612 g/mol. The van der Waals surface area contributed by atoms with Gasteiger partial charge in [-0.25, -0.2) is 4.79 Å². The van der Waals surface area contributed by atoms with Gasteiger partial charge in [-0.05, 0) is 62.7 Å². The van der Waals surface area contributed by atoms with Crippen LogP contribution >= 0.6 is 0 Å². The quantitative estimate of drug-likeness (QED) is 0.0755. The number of piperidine rings is 1. The first-order valence-corrected chi connectivity index (χ1v) is 17.6.